The lowest BCUT2D eigenvalue weighted by molar-refractivity contribution is -0.115. The van der Waals surface area contributed by atoms with Gasteiger partial charge in [0.05, 0.1) is 6.07 Å². The summed E-state index contributed by atoms with van der Waals surface area (Å²) in [6.07, 6.45) is 0.750. The lowest BCUT2D eigenvalue weighted by atomic mass is 11.0. The molecule has 0 bridgehead atoms. The van der Waals surface area contributed by atoms with Crippen LogP contribution in [-0.4, -0.2) is 37.6 Å². The van der Waals surface area contributed by atoms with Crippen LogP contribution in [0.15, 0.2) is 0 Å². The number of carbonyl (C=O) groups is 1. The lowest BCUT2D eigenvalue weighted by Gasteiger charge is -1.93. The van der Waals surface area contributed by atoms with Crippen LogP contribution in [0.3, 0.4) is 0 Å². The van der Waals surface area contributed by atoms with Crippen LogP contribution in [-0.2, 0) is 4.79 Å². The molecule has 1 amide bonds. The molecule has 0 saturated carbocycles. The average Bonchev–Trinajstić information content (AvgIpc) is 1.94. The molecule has 0 aromatic heterocycles. The number of aliphatic hydroxyl groups excluding tert-OH is 1. The van der Waals surface area contributed by atoms with Crippen molar-refractivity contribution in [3.63, 3.8) is 0 Å². The summed E-state index contributed by atoms with van der Waals surface area (Å²) < 4.78 is 0. The molecule has 4 nitrogen and oxygen atoms in total. The molecule has 0 unspecified atom stereocenters. The maximum atomic E-state index is 9.43. The number of nitrogens with zero attached hydrogens (tertiary/aromatic N) is 2. The summed E-state index contributed by atoms with van der Waals surface area (Å²) in [4.78, 5) is 10.9. The van der Waals surface area contributed by atoms with Gasteiger partial charge in [0.1, 0.15) is 0 Å². The number of rotatable bonds is 1. The van der Waals surface area contributed by atoms with Gasteiger partial charge in [-0.05, 0) is 0 Å². The zero-order chi connectivity index (χ0) is 8.99. The van der Waals surface area contributed by atoms with Crippen LogP contribution in [0.25, 0.3) is 0 Å². The number of hydrogen-bond donors (Lipinski definition) is 1. The van der Waals surface area contributed by atoms with Crippen molar-refractivity contribution in [1.29, 1.82) is 5.26 Å². The second kappa shape index (κ2) is 24.7. The van der Waals surface area contributed by atoms with Crippen molar-refractivity contribution in [3.05, 3.63) is 0 Å². The molecule has 0 aliphatic rings. The quantitative estimate of drug-likeness (QED) is 0.523. The number of aliphatic hydroxyl groups is 1. The Labute approximate surface area is 61.7 Å². The summed E-state index contributed by atoms with van der Waals surface area (Å²) in [5.74, 6) is 0. The topological polar surface area (TPSA) is 64.3 Å². The highest BCUT2D eigenvalue weighted by atomic mass is 16.2. The molecule has 0 aliphatic carbocycles. The van der Waals surface area contributed by atoms with E-state index in [0.29, 0.717) is 0 Å². The minimum absolute atomic E-state index is 0.750. The van der Waals surface area contributed by atoms with E-state index in [-0.39, 0.29) is 0 Å². The predicted octanol–water partition coefficient (Wildman–Crippen LogP) is -0.157. The monoisotopic (exact) mass is 146 g/mol. The zero-order valence-corrected chi connectivity index (χ0v) is 6.83. The van der Waals surface area contributed by atoms with Gasteiger partial charge in [-0.1, -0.05) is 0 Å². The summed E-state index contributed by atoms with van der Waals surface area (Å²) in [5, 5.41) is 14.3. The van der Waals surface area contributed by atoms with E-state index in [9.17, 15) is 4.79 Å². The fraction of sp³-hybridized carbons (Fsp3) is 0.667. The van der Waals surface area contributed by atoms with Crippen LogP contribution >= 0.6 is 0 Å². The first-order valence-electron chi connectivity index (χ1n) is 2.56. The molecule has 0 saturated heterocycles. The Kier molecular flexibility index (Phi) is 39.4. The Morgan fingerprint density at radius 3 is 1.60 bits per heavy atom. The fourth-order valence-electron chi connectivity index (χ4n) is 0. The standard InChI is InChI=1S/C3H7NO.C2H3N.CH4O/c1-4(2)3-5;1-2-3;1-2/h3H,1-2H3;1H3;2H,1H3. The number of nitriles is 1. The first kappa shape index (κ1) is 16.0. The summed E-state index contributed by atoms with van der Waals surface area (Å²) in [6.45, 7) is 1.43. The third-order valence-electron chi connectivity index (χ3n) is 0.211. The number of carbonyl (C=O) groups excluding carboxylic acids is 1. The molecule has 0 spiro atoms. The summed E-state index contributed by atoms with van der Waals surface area (Å²) in [7, 11) is 4.38. The van der Waals surface area contributed by atoms with Crippen molar-refractivity contribution in [3.8, 4) is 6.07 Å². The van der Waals surface area contributed by atoms with Gasteiger partial charge in [0.2, 0.25) is 6.41 Å². The Bertz CT molecular complexity index is 86.2. The Balaban J connectivity index is -0.0000000847. The summed E-state index contributed by atoms with van der Waals surface area (Å²) in [6, 6.07) is 1.75. The van der Waals surface area contributed by atoms with Gasteiger partial charge < -0.3 is 10.0 Å². The minimum atomic E-state index is 0.750. The van der Waals surface area contributed by atoms with Crippen LogP contribution in [0.1, 0.15) is 6.92 Å². The smallest absolute Gasteiger partial charge is 0.209 e. The highest BCUT2D eigenvalue weighted by Crippen LogP contribution is 1.52. The van der Waals surface area contributed by atoms with Crippen molar-refractivity contribution in [2.24, 2.45) is 0 Å². The van der Waals surface area contributed by atoms with Crippen LogP contribution in [0, 0.1) is 11.3 Å². The van der Waals surface area contributed by atoms with Gasteiger partial charge in [0.25, 0.3) is 0 Å². The molecule has 0 heterocycles. The molecular formula is C6H14N2O2. The van der Waals surface area contributed by atoms with Gasteiger partial charge in [-0.3, -0.25) is 4.79 Å². The van der Waals surface area contributed by atoms with E-state index in [0.717, 1.165) is 13.5 Å². The lowest BCUT2D eigenvalue weighted by Crippen LogP contribution is -2.06. The van der Waals surface area contributed by atoms with Crippen molar-refractivity contribution in [2.45, 2.75) is 6.92 Å². The Hall–Kier alpha value is -1.08. The van der Waals surface area contributed by atoms with Gasteiger partial charge in [-0.25, -0.2) is 0 Å². The largest absolute Gasteiger partial charge is 0.400 e. The second-order valence-corrected chi connectivity index (χ2v) is 1.29. The van der Waals surface area contributed by atoms with Gasteiger partial charge >= 0.3 is 0 Å². The normalized spacial score (nSPS) is 4.80. The van der Waals surface area contributed by atoms with E-state index < -0.39 is 0 Å². The summed E-state index contributed by atoms with van der Waals surface area (Å²) >= 11 is 0. The second-order valence-electron chi connectivity index (χ2n) is 1.29. The summed E-state index contributed by atoms with van der Waals surface area (Å²) in [5.41, 5.74) is 0. The third kappa shape index (κ3) is 287. The maximum Gasteiger partial charge on any atom is 0.209 e. The molecule has 10 heavy (non-hydrogen) atoms. The van der Waals surface area contributed by atoms with E-state index in [2.05, 4.69) is 0 Å². The predicted molar refractivity (Wildman–Crippen MR) is 39.2 cm³/mol. The molecule has 60 valence electrons. The molecule has 0 aliphatic heterocycles. The van der Waals surface area contributed by atoms with Gasteiger partial charge in [-0.2, -0.15) is 5.26 Å². The molecule has 1 N–H and O–H groups in total. The Morgan fingerprint density at radius 1 is 1.50 bits per heavy atom. The van der Waals surface area contributed by atoms with Gasteiger partial charge in [0, 0.05) is 28.1 Å². The molecule has 0 rings (SSSR count). The first-order valence-corrected chi connectivity index (χ1v) is 2.56. The molecular weight excluding hydrogens is 132 g/mol. The van der Waals surface area contributed by atoms with E-state index in [1.54, 1.807) is 20.2 Å². The SMILES string of the molecule is CC#N.CN(C)C=O.CO. The van der Waals surface area contributed by atoms with E-state index in [1.165, 1.54) is 11.8 Å². The van der Waals surface area contributed by atoms with Gasteiger partial charge in [-0.15, -0.1) is 0 Å². The maximum absolute atomic E-state index is 9.43. The number of hydrogen-bond acceptors (Lipinski definition) is 3. The van der Waals surface area contributed by atoms with Crippen LogP contribution in [0.4, 0.5) is 0 Å². The van der Waals surface area contributed by atoms with E-state index in [4.69, 9.17) is 10.4 Å². The Morgan fingerprint density at radius 2 is 1.60 bits per heavy atom. The molecule has 0 fully saturated rings. The molecule has 0 radical (unpaired) electrons. The third-order valence-corrected chi connectivity index (χ3v) is 0.211. The molecule has 0 aromatic rings. The minimum Gasteiger partial charge on any atom is -0.400 e. The van der Waals surface area contributed by atoms with Crippen molar-refractivity contribution in [1.82, 2.24) is 4.90 Å². The molecule has 4 heteroatoms. The molecule has 0 aromatic carbocycles. The van der Waals surface area contributed by atoms with Crippen LogP contribution in [0.5, 0.6) is 0 Å². The average molecular weight is 146 g/mol. The highest BCUT2D eigenvalue weighted by molar-refractivity contribution is 5.45. The number of amides is 1. The molecule has 0 atom stereocenters. The van der Waals surface area contributed by atoms with Crippen molar-refractivity contribution in [2.75, 3.05) is 21.2 Å². The van der Waals surface area contributed by atoms with E-state index in [1.807, 2.05) is 0 Å². The van der Waals surface area contributed by atoms with Crippen molar-refractivity contribution >= 4 is 6.41 Å². The fourth-order valence-corrected chi connectivity index (χ4v) is 0. The zero-order valence-electron chi connectivity index (χ0n) is 6.83. The highest BCUT2D eigenvalue weighted by Gasteiger charge is 1.68. The van der Waals surface area contributed by atoms with Gasteiger partial charge in [0.15, 0.2) is 0 Å². The van der Waals surface area contributed by atoms with Crippen LogP contribution in [0.2, 0.25) is 0 Å². The van der Waals surface area contributed by atoms with Crippen molar-refractivity contribution < 1.29 is 9.90 Å². The van der Waals surface area contributed by atoms with Crippen LogP contribution < -0.4 is 0 Å². The van der Waals surface area contributed by atoms with E-state index >= 15 is 0 Å². The first-order chi connectivity index (χ1) is 4.68.